The van der Waals surface area contributed by atoms with E-state index < -0.39 is 39.0 Å². The highest BCUT2D eigenvalue weighted by Crippen LogP contribution is 2.17. The van der Waals surface area contributed by atoms with Gasteiger partial charge in [0.15, 0.2) is 4.90 Å². The molecular weight excluding hydrogens is 338 g/mol. The van der Waals surface area contributed by atoms with E-state index in [0.717, 1.165) is 23.8 Å². The van der Waals surface area contributed by atoms with Gasteiger partial charge in [-0.05, 0) is 24.1 Å². The third-order valence-electron chi connectivity index (χ3n) is 3.19. The van der Waals surface area contributed by atoms with Crippen LogP contribution in [0.25, 0.3) is 0 Å². The number of carbonyl (C=O) groups excluding carboxylic acids is 1. The van der Waals surface area contributed by atoms with E-state index in [1.165, 1.54) is 0 Å². The first-order valence-electron chi connectivity index (χ1n) is 7.14. The van der Waals surface area contributed by atoms with Crippen molar-refractivity contribution < 1.29 is 22.0 Å². The Hall–Kier alpha value is -2.32. The summed E-state index contributed by atoms with van der Waals surface area (Å²) < 4.78 is 52.7. The van der Waals surface area contributed by atoms with Crippen LogP contribution in [0.5, 0.6) is 0 Å². The topological polar surface area (TPSA) is 75.3 Å². The average molecular weight is 354 g/mol. The van der Waals surface area contributed by atoms with Gasteiger partial charge in [-0.3, -0.25) is 4.79 Å². The summed E-state index contributed by atoms with van der Waals surface area (Å²) in [6, 6.07) is 12.1. The van der Waals surface area contributed by atoms with Gasteiger partial charge in [-0.15, -0.1) is 0 Å². The molecule has 0 aromatic heterocycles. The lowest BCUT2D eigenvalue weighted by molar-refractivity contribution is -0.119. The molecule has 2 aromatic rings. The summed E-state index contributed by atoms with van der Waals surface area (Å²) in [4.78, 5) is 10.6. The lowest BCUT2D eigenvalue weighted by Gasteiger charge is -2.09. The predicted molar refractivity (Wildman–Crippen MR) is 84.7 cm³/mol. The van der Waals surface area contributed by atoms with Gasteiger partial charge in [-0.1, -0.05) is 36.4 Å². The summed E-state index contributed by atoms with van der Waals surface area (Å²) in [6.07, 6.45) is 0.585. The molecule has 2 rings (SSSR count). The molecule has 5 nitrogen and oxygen atoms in total. The number of benzene rings is 2. The smallest absolute Gasteiger partial charge is 0.246 e. The van der Waals surface area contributed by atoms with Crippen LogP contribution in [-0.2, 0) is 21.2 Å². The van der Waals surface area contributed by atoms with Crippen molar-refractivity contribution in [2.75, 3.05) is 13.1 Å². The summed E-state index contributed by atoms with van der Waals surface area (Å²) in [5.74, 6) is -3.02. The third kappa shape index (κ3) is 4.84. The molecule has 0 radical (unpaired) electrons. The molecular formula is C16H16F2N2O3S. The molecule has 0 bridgehead atoms. The lowest BCUT2D eigenvalue weighted by atomic mass is 10.1. The fraction of sp³-hybridized carbons (Fsp3) is 0.188. The van der Waals surface area contributed by atoms with Gasteiger partial charge in [0.05, 0.1) is 6.54 Å². The van der Waals surface area contributed by atoms with Crippen LogP contribution in [0.1, 0.15) is 5.56 Å². The van der Waals surface area contributed by atoms with Crippen LogP contribution in [0.15, 0.2) is 53.4 Å². The molecule has 0 aliphatic heterocycles. The van der Waals surface area contributed by atoms with E-state index in [-0.39, 0.29) is 0 Å². The molecule has 0 aliphatic carbocycles. The highest BCUT2D eigenvalue weighted by Gasteiger charge is 2.24. The van der Waals surface area contributed by atoms with E-state index >= 15 is 0 Å². The largest absolute Gasteiger partial charge is 0.355 e. The Morgan fingerprint density at radius 3 is 2.21 bits per heavy atom. The molecule has 0 unspecified atom stereocenters. The number of rotatable bonds is 7. The number of hydrogen-bond acceptors (Lipinski definition) is 3. The second-order valence-corrected chi connectivity index (χ2v) is 6.66. The molecule has 0 atom stereocenters. The van der Waals surface area contributed by atoms with E-state index in [2.05, 4.69) is 5.32 Å². The van der Waals surface area contributed by atoms with Crippen molar-refractivity contribution in [1.29, 1.82) is 0 Å². The van der Waals surface area contributed by atoms with Crippen molar-refractivity contribution in [2.24, 2.45) is 0 Å². The molecule has 0 saturated carbocycles. The standard InChI is InChI=1S/C16H16F2N2O3S/c17-13-7-4-8-14(18)16(13)24(22,23)20-11-15(21)19-10-9-12-5-2-1-3-6-12/h1-8,20H,9-11H2,(H,19,21). The number of amides is 1. The van der Waals surface area contributed by atoms with Gasteiger partial charge in [-0.25, -0.2) is 21.9 Å². The van der Waals surface area contributed by atoms with E-state index in [1.54, 1.807) is 0 Å². The van der Waals surface area contributed by atoms with Crippen molar-refractivity contribution in [2.45, 2.75) is 11.3 Å². The Morgan fingerprint density at radius 2 is 1.58 bits per heavy atom. The molecule has 0 spiro atoms. The van der Waals surface area contributed by atoms with Crippen molar-refractivity contribution in [1.82, 2.24) is 10.0 Å². The van der Waals surface area contributed by atoms with Crippen LogP contribution >= 0.6 is 0 Å². The van der Waals surface area contributed by atoms with Crippen LogP contribution in [0.3, 0.4) is 0 Å². The van der Waals surface area contributed by atoms with Gasteiger partial charge in [-0.2, -0.15) is 0 Å². The fourth-order valence-electron chi connectivity index (χ4n) is 2.03. The summed E-state index contributed by atoms with van der Waals surface area (Å²) in [7, 11) is -4.45. The van der Waals surface area contributed by atoms with Crippen LogP contribution in [-0.4, -0.2) is 27.4 Å². The Morgan fingerprint density at radius 1 is 0.958 bits per heavy atom. The molecule has 2 aromatic carbocycles. The van der Waals surface area contributed by atoms with Gasteiger partial charge < -0.3 is 5.32 Å². The first kappa shape index (κ1) is 18.0. The quantitative estimate of drug-likeness (QED) is 0.793. The number of halogens is 2. The first-order chi connectivity index (χ1) is 11.4. The van der Waals surface area contributed by atoms with Crippen LogP contribution < -0.4 is 10.0 Å². The zero-order chi connectivity index (χ0) is 17.6. The van der Waals surface area contributed by atoms with Crippen molar-refractivity contribution in [3.8, 4) is 0 Å². The van der Waals surface area contributed by atoms with E-state index in [4.69, 9.17) is 0 Å². The van der Waals surface area contributed by atoms with Crippen LogP contribution in [0.2, 0.25) is 0 Å². The van der Waals surface area contributed by atoms with Crippen LogP contribution in [0.4, 0.5) is 8.78 Å². The molecule has 8 heteroatoms. The molecule has 2 N–H and O–H groups in total. The zero-order valence-electron chi connectivity index (χ0n) is 12.6. The summed E-state index contributed by atoms with van der Waals surface area (Å²) in [5, 5.41) is 2.53. The highest BCUT2D eigenvalue weighted by atomic mass is 32.2. The summed E-state index contributed by atoms with van der Waals surface area (Å²) >= 11 is 0. The monoisotopic (exact) mass is 354 g/mol. The van der Waals surface area contributed by atoms with Crippen molar-refractivity contribution in [3.63, 3.8) is 0 Å². The minimum absolute atomic E-state index is 0.318. The summed E-state index contributed by atoms with van der Waals surface area (Å²) in [5.41, 5.74) is 1.02. The van der Waals surface area contributed by atoms with Crippen molar-refractivity contribution in [3.05, 3.63) is 65.7 Å². The van der Waals surface area contributed by atoms with Gasteiger partial charge in [0.25, 0.3) is 0 Å². The lowest BCUT2D eigenvalue weighted by Crippen LogP contribution is -2.38. The summed E-state index contributed by atoms with van der Waals surface area (Å²) in [6.45, 7) is -0.288. The Bertz CT molecular complexity index is 791. The van der Waals surface area contributed by atoms with E-state index in [0.29, 0.717) is 13.0 Å². The average Bonchev–Trinajstić information content (AvgIpc) is 2.54. The number of hydrogen-bond donors (Lipinski definition) is 2. The minimum Gasteiger partial charge on any atom is -0.355 e. The molecule has 0 heterocycles. The molecule has 24 heavy (non-hydrogen) atoms. The molecule has 0 aliphatic rings. The number of nitrogens with one attached hydrogen (secondary N) is 2. The maximum absolute atomic E-state index is 13.5. The zero-order valence-corrected chi connectivity index (χ0v) is 13.4. The number of sulfonamides is 1. The minimum atomic E-state index is -4.45. The number of carbonyl (C=O) groups is 1. The second kappa shape index (κ2) is 7.98. The maximum atomic E-state index is 13.5. The normalized spacial score (nSPS) is 11.2. The van der Waals surface area contributed by atoms with E-state index in [9.17, 15) is 22.0 Å². The van der Waals surface area contributed by atoms with Crippen molar-refractivity contribution >= 4 is 15.9 Å². The van der Waals surface area contributed by atoms with Gasteiger partial charge in [0.2, 0.25) is 15.9 Å². The fourth-order valence-corrected chi connectivity index (χ4v) is 3.14. The Labute approximate surface area is 138 Å². The predicted octanol–water partition coefficient (Wildman–Crippen LogP) is 1.60. The third-order valence-corrected chi connectivity index (χ3v) is 4.64. The van der Waals surface area contributed by atoms with Crippen LogP contribution in [0, 0.1) is 11.6 Å². The second-order valence-electron chi connectivity index (χ2n) is 4.96. The highest BCUT2D eigenvalue weighted by molar-refractivity contribution is 7.89. The molecule has 128 valence electrons. The maximum Gasteiger partial charge on any atom is 0.246 e. The van der Waals surface area contributed by atoms with Gasteiger partial charge in [0.1, 0.15) is 11.6 Å². The Balaban J connectivity index is 1.87. The first-order valence-corrected chi connectivity index (χ1v) is 8.63. The Kier molecular flexibility index (Phi) is 5.99. The SMILES string of the molecule is O=C(CNS(=O)(=O)c1c(F)cccc1F)NCCc1ccccc1. The molecule has 1 amide bonds. The van der Waals surface area contributed by atoms with Gasteiger partial charge in [0, 0.05) is 6.54 Å². The van der Waals surface area contributed by atoms with E-state index in [1.807, 2.05) is 35.1 Å². The molecule has 0 fully saturated rings. The molecule has 0 saturated heterocycles. The van der Waals surface area contributed by atoms with Gasteiger partial charge >= 0.3 is 0 Å².